The number of nitrogens with zero attached hydrogens (tertiary/aromatic N) is 4. The number of tetrazole rings is 1. The predicted octanol–water partition coefficient (Wildman–Crippen LogP) is 1.08. The molecular formula is C9H10ClN5. The molecule has 0 saturated heterocycles. The summed E-state index contributed by atoms with van der Waals surface area (Å²) in [5.74, 6) is 0.611. The summed E-state index contributed by atoms with van der Waals surface area (Å²) in [6.07, 6.45) is 0. The third-order valence-corrected chi connectivity index (χ3v) is 2.35. The Bertz CT molecular complexity index is 479. The van der Waals surface area contributed by atoms with Crippen molar-refractivity contribution in [2.24, 2.45) is 5.73 Å². The third-order valence-electron chi connectivity index (χ3n) is 2.12. The number of rotatable bonds is 2. The zero-order valence-corrected chi connectivity index (χ0v) is 8.94. The van der Waals surface area contributed by atoms with E-state index in [1.807, 2.05) is 25.1 Å². The number of aryl methyl sites for hydroxylation is 1. The summed E-state index contributed by atoms with van der Waals surface area (Å²) in [6.45, 7) is 2.26. The van der Waals surface area contributed by atoms with Crippen LogP contribution < -0.4 is 5.73 Å². The maximum absolute atomic E-state index is 5.92. The van der Waals surface area contributed by atoms with Crippen LogP contribution in [-0.4, -0.2) is 20.2 Å². The van der Waals surface area contributed by atoms with E-state index in [0.717, 1.165) is 11.3 Å². The summed E-state index contributed by atoms with van der Waals surface area (Å²) in [5.41, 5.74) is 7.42. The lowest BCUT2D eigenvalue weighted by Crippen LogP contribution is -2.09. The fraction of sp³-hybridized carbons (Fsp3) is 0.222. The second-order valence-corrected chi connectivity index (χ2v) is 3.58. The molecule has 0 spiro atoms. The van der Waals surface area contributed by atoms with Crippen molar-refractivity contribution < 1.29 is 0 Å². The van der Waals surface area contributed by atoms with E-state index in [9.17, 15) is 0 Å². The molecule has 2 aromatic rings. The van der Waals surface area contributed by atoms with Crippen LogP contribution in [0.3, 0.4) is 0 Å². The number of hydrogen-bond acceptors (Lipinski definition) is 4. The minimum absolute atomic E-state index is 0.291. The molecule has 2 N–H and O–H groups in total. The Labute approximate surface area is 91.8 Å². The Morgan fingerprint density at radius 3 is 3.00 bits per heavy atom. The second-order valence-electron chi connectivity index (χ2n) is 3.14. The molecule has 1 heterocycles. The van der Waals surface area contributed by atoms with Crippen LogP contribution in [0, 0.1) is 6.92 Å². The topological polar surface area (TPSA) is 69.6 Å². The molecule has 15 heavy (non-hydrogen) atoms. The highest BCUT2D eigenvalue weighted by molar-refractivity contribution is 6.30. The van der Waals surface area contributed by atoms with Gasteiger partial charge in [0.15, 0.2) is 5.82 Å². The summed E-state index contributed by atoms with van der Waals surface area (Å²) < 4.78 is 1.60. The maximum atomic E-state index is 5.92. The largest absolute Gasteiger partial charge is 0.324 e. The average molecular weight is 224 g/mol. The van der Waals surface area contributed by atoms with Gasteiger partial charge in [-0.1, -0.05) is 17.7 Å². The predicted molar refractivity (Wildman–Crippen MR) is 56.8 cm³/mol. The van der Waals surface area contributed by atoms with E-state index < -0.39 is 0 Å². The molecule has 78 valence electrons. The molecule has 0 unspecified atom stereocenters. The zero-order valence-electron chi connectivity index (χ0n) is 8.18. The molecule has 5 nitrogen and oxygen atoms in total. The van der Waals surface area contributed by atoms with Crippen molar-refractivity contribution in [3.05, 3.63) is 34.6 Å². The van der Waals surface area contributed by atoms with Crippen molar-refractivity contribution in [2.75, 3.05) is 0 Å². The van der Waals surface area contributed by atoms with Gasteiger partial charge in [-0.2, -0.15) is 4.68 Å². The number of aromatic nitrogens is 4. The molecule has 1 aromatic heterocycles. The number of benzene rings is 1. The molecular weight excluding hydrogens is 214 g/mol. The number of halogens is 1. The minimum atomic E-state index is 0.291. The fourth-order valence-corrected chi connectivity index (χ4v) is 1.50. The average Bonchev–Trinajstić information content (AvgIpc) is 2.69. The Hall–Kier alpha value is -1.46. The van der Waals surface area contributed by atoms with Crippen LogP contribution in [0.1, 0.15) is 11.4 Å². The van der Waals surface area contributed by atoms with Gasteiger partial charge in [0.05, 0.1) is 12.2 Å². The van der Waals surface area contributed by atoms with E-state index in [-0.39, 0.29) is 0 Å². The lowest BCUT2D eigenvalue weighted by atomic mass is 10.2. The van der Waals surface area contributed by atoms with Crippen LogP contribution >= 0.6 is 11.6 Å². The van der Waals surface area contributed by atoms with E-state index in [0.29, 0.717) is 17.4 Å². The molecule has 0 saturated carbocycles. The van der Waals surface area contributed by atoms with Crippen molar-refractivity contribution >= 4 is 11.6 Å². The molecule has 0 aliphatic heterocycles. The van der Waals surface area contributed by atoms with E-state index >= 15 is 0 Å². The Balaban J connectivity index is 2.58. The summed E-state index contributed by atoms with van der Waals surface area (Å²) in [5, 5.41) is 11.9. The van der Waals surface area contributed by atoms with Gasteiger partial charge in [0.1, 0.15) is 0 Å². The normalized spacial score (nSPS) is 10.6. The van der Waals surface area contributed by atoms with Gasteiger partial charge in [0.2, 0.25) is 0 Å². The van der Waals surface area contributed by atoms with Crippen LogP contribution in [0.25, 0.3) is 5.69 Å². The first-order chi connectivity index (χ1) is 7.22. The zero-order chi connectivity index (χ0) is 10.8. The van der Waals surface area contributed by atoms with Crippen LogP contribution in [-0.2, 0) is 6.54 Å². The monoisotopic (exact) mass is 223 g/mol. The Morgan fingerprint density at radius 1 is 1.47 bits per heavy atom. The number of nitrogens with two attached hydrogens (primary N) is 1. The van der Waals surface area contributed by atoms with Gasteiger partial charge >= 0.3 is 0 Å². The van der Waals surface area contributed by atoms with Crippen LogP contribution in [0.2, 0.25) is 5.02 Å². The van der Waals surface area contributed by atoms with Crippen molar-refractivity contribution in [1.82, 2.24) is 20.2 Å². The van der Waals surface area contributed by atoms with Gasteiger partial charge in [0.25, 0.3) is 0 Å². The molecule has 0 amide bonds. The quantitative estimate of drug-likeness (QED) is 0.827. The fourth-order valence-electron chi connectivity index (χ4n) is 1.33. The molecule has 0 bridgehead atoms. The molecule has 2 rings (SSSR count). The number of hydrogen-bond donors (Lipinski definition) is 1. The van der Waals surface area contributed by atoms with E-state index in [1.165, 1.54) is 0 Å². The maximum Gasteiger partial charge on any atom is 0.170 e. The Kier molecular flexibility index (Phi) is 2.66. The highest BCUT2D eigenvalue weighted by atomic mass is 35.5. The lowest BCUT2D eigenvalue weighted by Gasteiger charge is -2.06. The van der Waals surface area contributed by atoms with E-state index in [4.69, 9.17) is 17.3 Å². The van der Waals surface area contributed by atoms with Gasteiger partial charge < -0.3 is 5.73 Å². The first kappa shape index (κ1) is 10.1. The summed E-state index contributed by atoms with van der Waals surface area (Å²) >= 11 is 5.92. The van der Waals surface area contributed by atoms with Crippen molar-refractivity contribution in [1.29, 1.82) is 0 Å². The first-order valence-corrected chi connectivity index (χ1v) is 4.84. The third kappa shape index (κ3) is 1.84. The van der Waals surface area contributed by atoms with Gasteiger partial charge in [-0.05, 0) is 35.0 Å². The lowest BCUT2D eigenvalue weighted by molar-refractivity contribution is 0.757. The first-order valence-electron chi connectivity index (χ1n) is 4.46. The molecule has 0 atom stereocenters. The Morgan fingerprint density at radius 2 is 2.27 bits per heavy atom. The summed E-state index contributed by atoms with van der Waals surface area (Å²) in [4.78, 5) is 0. The van der Waals surface area contributed by atoms with Gasteiger partial charge in [-0.15, -0.1) is 5.10 Å². The smallest absolute Gasteiger partial charge is 0.170 e. The molecule has 1 aromatic carbocycles. The van der Waals surface area contributed by atoms with Gasteiger partial charge in [0, 0.05) is 5.02 Å². The SMILES string of the molecule is Cc1ccc(Cl)cc1-n1nnnc1CN. The van der Waals surface area contributed by atoms with Crippen molar-refractivity contribution in [2.45, 2.75) is 13.5 Å². The van der Waals surface area contributed by atoms with Gasteiger partial charge in [-0.3, -0.25) is 0 Å². The van der Waals surface area contributed by atoms with Crippen LogP contribution in [0.5, 0.6) is 0 Å². The molecule has 6 heteroatoms. The molecule has 0 radical (unpaired) electrons. The highest BCUT2D eigenvalue weighted by Gasteiger charge is 2.08. The standard InChI is InChI=1S/C9H10ClN5/c1-6-2-3-7(10)4-8(6)15-9(5-11)12-13-14-15/h2-4H,5,11H2,1H3. The van der Waals surface area contributed by atoms with Gasteiger partial charge in [-0.25, -0.2) is 0 Å². The van der Waals surface area contributed by atoms with E-state index in [2.05, 4.69) is 15.5 Å². The molecule has 0 fully saturated rings. The minimum Gasteiger partial charge on any atom is -0.324 e. The van der Waals surface area contributed by atoms with Crippen molar-refractivity contribution in [3.8, 4) is 5.69 Å². The van der Waals surface area contributed by atoms with Crippen molar-refractivity contribution in [3.63, 3.8) is 0 Å². The summed E-state index contributed by atoms with van der Waals surface area (Å²) in [6, 6.07) is 5.55. The highest BCUT2D eigenvalue weighted by Crippen LogP contribution is 2.19. The van der Waals surface area contributed by atoms with Crippen LogP contribution in [0.15, 0.2) is 18.2 Å². The molecule has 0 aliphatic carbocycles. The summed E-state index contributed by atoms with van der Waals surface area (Å²) in [7, 11) is 0. The molecule has 0 aliphatic rings. The van der Waals surface area contributed by atoms with Crippen LogP contribution in [0.4, 0.5) is 0 Å². The van der Waals surface area contributed by atoms with E-state index in [1.54, 1.807) is 4.68 Å². The second kappa shape index (κ2) is 3.96.